The fourth-order valence-corrected chi connectivity index (χ4v) is 3.30. The molecule has 1 aromatic carbocycles. The van der Waals surface area contributed by atoms with Gasteiger partial charge in [0.1, 0.15) is 15.7 Å². The SMILES string of the molecule is CN=C(NC(C)CCS(C)(=O)=O)NC1CC1c1ccccc1F.I. The van der Waals surface area contributed by atoms with Crippen LogP contribution in [0.5, 0.6) is 0 Å². The van der Waals surface area contributed by atoms with Crippen LogP contribution < -0.4 is 10.6 Å². The quantitative estimate of drug-likeness (QED) is 0.381. The van der Waals surface area contributed by atoms with E-state index in [1.54, 1.807) is 13.1 Å². The molecule has 0 aromatic heterocycles. The summed E-state index contributed by atoms with van der Waals surface area (Å²) in [6.07, 6.45) is 2.61. The molecule has 0 saturated heterocycles. The molecular weight excluding hydrogens is 444 g/mol. The Kier molecular flexibility index (Phi) is 7.91. The molecule has 3 unspecified atom stereocenters. The number of benzene rings is 1. The van der Waals surface area contributed by atoms with Gasteiger partial charge in [-0.05, 0) is 31.4 Å². The van der Waals surface area contributed by atoms with E-state index in [1.807, 2.05) is 19.1 Å². The molecule has 0 heterocycles. The minimum absolute atomic E-state index is 0. The molecule has 136 valence electrons. The molecule has 2 rings (SSSR count). The van der Waals surface area contributed by atoms with E-state index in [0.717, 1.165) is 12.0 Å². The van der Waals surface area contributed by atoms with E-state index in [4.69, 9.17) is 0 Å². The minimum Gasteiger partial charge on any atom is -0.354 e. The van der Waals surface area contributed by atoms with Crippen LogP contribution in [0.2, 0.25) is 0 Å². The predicted octanol–water partition coefficient (Wildman–Crippen LogP) is 2.29. The Bertz CT molecular complexity index is 682. The molecule has 0 amide bonds. The van der Waals surface area contributed by atoms with E-state index < -0.39 is 9.84 Å². The largest absolute Gasteiger partial charge is 0.354 e. The van der Waals surface area contributed by atoms with Gasteiger partial charge in [-0.25, -0.2) is 12.8 Å². The molecule has 0 radical (unpaired) electrons. The second-order valence-electron chi connectivity index (χ2n) is 6.15. The first-order valence-corrected chi connectivity index (χ1v) is 9.78. The molecule has 2 N–H and O–H groups in total. The first kappa shape index (κ1) is 21.1. The Labute approximate surface area is 160 Å². The van der Waals surface area contributed by atoms with Gasteiger partial charge in [-0.15, -0.1) is 24.0 Å². The molecule has 24 heavy (non-hydrogen) atoms. The van der Waals surface area contributed by atoms with Crippen molar-refractivity contribution < 1.29 is 12.8 Å². The van der Waals surface area contributed by atoms with Crippen molar-refractivity contribution in [1.82, 2.24) is 10.6 Å². The monoisotopic (exact) mass is 469 g/mol. The number of nitrogens with one attached hydrogen (secondary N) is 2. The van der Waals surface area contributed by atoms with Crippen LogP contribution in [0.15, 0.2) is 29.3 Å². The summed E-state index contributed by atoms with van der Waals surface area (Å²) in [6, 6.07) is 6.96. The van der Waals surface area contributed by atoms with Crippen molar-refractivity contribution in [3.63, 3.8) is 0 Å². The Morgan fingerprint density at radius 1 is 1.42 bits per heavy atom. The summed E-state index contributed by atoms with van der Waals surface area (Å²) in [6.45, 7) is 1.92. The summed E-state index contributed by atoms with van der Waals surface area (Å²) >= 11 is 0. The van der Waals surface area contributed by atoms with Gasteiger partial charge in [-0.2, -0.15) is 0 Å². The fourth-order valence-electron chi connectivity index (χ4n) is 2.52. The van der Waals surface area contributed by atoms with Gasteiger partial charge in [0.25, 0.3) is 0 Å². The maximum absolute atomic E-state index is 13.8. The lowest BCUT2D eigenvalue weighted by Crippen LogP contribution is -2.44. The molecule has 1 saturated carbocycles. The van der Waals surface area contributed by atoms with Crippen LogP contribution >= 0.6 is 24.0 Å². The van der Waals surface area contributed by atoms with Crippen molar-refractivity contribution in [3.05, 3.63) is 35.6 Å². The number of nitrogens with zero attached hydrogens (tertiary/aromatic N) is 1. The Balaban J connectivity index is 0.00000288. The molecule has 0 aliphatic heterocycles. The second-order valence-corrected chi connectivity index (χ2v) is 8.41. The molecule has 1 fully saturated rings. The molecule has 3 atom stereocenters. The molecule has 0 bridgehead atoms. The van der Waals surface area contributed by atoms with Crippen molar-refractivity contribution >= 4 is 39.8 Å². The zero-order valence-corrected chi connectivity index (χ0v) is 17.3. The number of hydrogen-bond donors (Lipinski definition) is 2. The first-order chi connectivity index (χ1) is 10.8. The molecule has 5 nitrogen and oxygen atoms in total. The highest BCUT2D eigenvalue weighted by molar-refractivity contribution is 14.0. The third-order valence-corrected chi connectivity index (χ3v) is 4.92. The number of aliphatic imine (C=N–C) groups is 1. The van der Waals surface area contributed by atoms with E-state index in [0.29, 0.717) is 12.4 Å². The van der Waals surface area contributed by atoms with E-state index in [9.17, 15) is 12.8 Å². The smallest absolute Gasteiger partial charge is 0.191 e. The van der Waals surface area contributed by atoms with E-state index in [-0.39, 0.29) is 53.5 Å². The lowest BCUT2D eigenvalue weighted by molar-refractivity contribution is 0.580. The average molecular weight is 469 g/mol. The minimum atomic E-state index is -2.96. The highest BCUT2D eigenvalue weighted by atomic mass is 127. The highest BCUT2D eigenvalue weighted by Crippen LogP contribution is 2.41. The van der Waals surface area contributed by atoms with Crippen LogP contribution in [0.4, 0.5) is 4.39 Å². The summed E-state index contributed by atoms with van der Waals surface area (Å²) in [5.74, 6) is 0.738. The van der Waals surface area contributed by atoms with Crippen molar-refractivity contribution in [1.29, 1.82) is 0 Å². The highest BCUT2D eigenvalue weighted by Gasteiger charge is 2.40. The zero-order chi connectivity index (χ0) is 17.0. The lowest BCUT2D eigenvalue weighted by atomic mass is 10.1. The van der Waals surface area contributed by atoms with E-state index >= 15 is 0 Å². The number of halogens is 2. The predicted molar refractivity (Wildman–Crippen MR) is 106 cm³/mol. The van der Waals surface area contributed by atoms with Gasteiger partial charge < -0.3 is 10.6 Å². The molecule has 1 aliphatic carbocycles. The van der Waals surface area contributed by atoms with Crippen LogP contribution in [-0.2, 0) is 9.84 Å². The van der Waals surface area contributed by atoms with Gasteiger partial charge in [-0.1, -0.05) is 18.2 Å². The first-order valence-electron chi connectivity index (χ1n) is 7.72. The van der Waals surface area contributed by atoms with Crippen LogP contribution in [-0.4, -0.2) is 45.5 Å². The molecular formula is C16H25FIN3O2S. The van der Waals surface area contributed by atoms with Gasteiger partial charge in [0, 0.05) is 31.3 Å². The summed E-state index contributed by atoms with van der Waals surface area (Å²) in [4.78, 5) is 4.15. The fraction of sp³-hybridized carbons (Fsp3) is 0.562. The second kappa shape index (κ2) is 8.98. The number of rotatable bonds is 6. The Hall–Kier alpha value is -0.900. The topological polar surface area (TPSA) is 70.6 Å². The molecule has 8 heteroatoms. The maximum atomic E-state index is 13.8. The average Bonchev–Trinajstić information content (AvgIpc) is 3.23. The van der Waals surface area contributed by atoms with Crippen molar-refractivity contribution in [2.24, 2.45) is 4.99 Å². The molecule has 1 aromatic rings. The third kappa shape index (κ3) is 6.54. The van der Waals surface area contributed by atoms with Gasteiger partial charge in [0.2, 0.25) is 0 Å². The normalized spacial score (nSPS) is 21.6. The van der Waals surface area contributed by atoms with Crippen molar-refractivity contribution in [2.75, 3.05) is 19.1 Å². The molecule has 0 spiro atoms. The van der Waals surface area contributed by atoms with Gasteiger partial charge in [0.15, 0.2) is 5.96 Å². The van der Waals surface area contributed by atoms with Crippen LogP contribution in [0.25, 0.3) is 0 Å². The van der Waals surface area contributed by atoms with E-state index in [1.165, 1.54) is 12.3 Å². The Morgan fingerprint density at radius 2 is 2.08 bits per heavy atom. The number of hydrogen-bond acceptors (Lipinski definition) is 3. The number of guanidine groups is 1. The standard InChI is InChI=1S/C16H24FN3O2S.HI/c1-11(8-9-23(3,21)22)19-16(18-2)20-15-10-13(15)12-6-4-5-7-14(12)17;/h4-7,11,13,15H,8-10H2,1-3H3,(H2,18,19,20);1H. The molecule has 1 aliphatic rings. The van der Waals surface area contributed by atoms with Crippen molar-refractivity contribution in [2.45, 2.75) is 37.8 Å². The summed E-state index contributed by atoms with van der Waals surface area (Å²) in [7, 11) is -1.30. The third-order valence-electron chi connectivity index (χ3n) is 3.95. The van der Waals surface area contributed by atoms with Gasteiger partial charge in [-0.3, -0.25) is 4.99 Å². The number of sulfone groups is 1. The van der Waals surface area contributed by atoms with Crippen molar-refractivity contribution in [3.8, 4) is 0 Å². The maximum Gasteiger partial charge on any atom is 0.191 e. The summed E-state index contributed by atoms with van der Waals surface area (Å²) in [5.41, 5.74) is 0.727. The van der Waals surface area contributed by atoms with Crippen LogP contribution in [0.3, 0.4) is 0 Å². The summed E-state index contributed by atoms with van der Waals surface area (Å²) < 4.78 is 36.2. The van der Waals surface area contributed by atoms with E-state index in [2.05, 4.69) is 15.6 Å². The van der Waals surface area contributed by atoms with Crippen LogP contribution in [0.1, 0.15) is 31.2 Å². The van der Waals surface area contributed by atoms with Gasteiger partial charge in [0.05, 0.1) is 5.75 Å². The lowest BCUT2D eigenvalue weighted by Gasteiger charge is -2.17. The van der Waals surface area contributed by atoms with Gasteiger partial charge >= 0.3 is 0 Å². The Morgan fingerprint density at radius 3 is 2.67 bits per heavy atom. The summed E-state index contributed by atoms with van der Waals surface area (Å²) in [5, 5.41) is 6.45. The zero-order valence-electron chi connectivity index (χ0n) is 14.1. The van der Waals surface area contributed by atoms with Crippen LogP contribution in [0, 0.1) is 5.82 Å².